The lowest BCUT2D eigenvalue weighted by molar-refractivity contribution is 0.793. The molecule has 0 aromatic heterocycles. The van der Waals surface area contributed by atoms with Gasteiger partial charge in [-0.05, 0) is 19.8 Å². The molecule has 0 aromatic rings. The molecule has 0 radical (unpaired) electrons. The highest BCUT2D eigenvalue weighted by Crippen LogP contribution is 2.17. The number of allylic oxidation sites excluding steroid dienone is 2. The van der Waals surface area contributed by atoms with E-state index >= 15 is 0 Å². The number of hydrogen-bond donors (Lipinski definition) is 0. The first-order chi connectivity index (χ1) is 5.87. The van der Waals surface area contributed by atoms with Gasteiger partial charge in [0.15, 0.2) is 0 Å². The van der Waals surface area contributed by atoms with Crippen molar-refractivity contribution >= 4 is 8.07 Å². The quantitative estimate of drug-likeness (QED) is 0.447. The van der Waals surface area contributed by atoms with E-state index < -0.39 is 8.07 Å². The van der Waals surface area contributed by atoms with Crippen molar-refractivity contribution < 1.29 is 0 Å². The first-order valence-electron chi connectivity index (χ1n) is 5.24. The van der Waals surface area contributed by atoms with Crippen LogP contribution in [0.4, 0.5) is 0 Å². The van der Waals surface area contributed by atoms with Gasteiger partial charge in [0.2, 0.25) is 0 Å². The van der Waals surface area contributed by atoms with E-state index in [1.54, 1.807) is 0 Å². The summed E-state index contributed by atoms with van der Waals surface area (Å²) in [4.78, 5) is 0. The molecule has 13 heavy (non-hydrogen) atoms. The molecule has 0 heterocycles. The Kier molecular flexibility index (Phi) is 5.31. The van der Waals surface area contributed by atoms with Crippen LogP contribution >= 0.6 is 0 Å². The van der Waals surface area contributed by atoms with Crippen molar-refractivity contribution in [2.45, 2.75) is 52.8 Å². The van der Waals surface area contributed by atoms with Gasteiger partial charge in [0.25, 0.3) is 0 Å². The summed E-state index contributed by atoms with van der Waals surface area (Å²) in [6, 6.07) is 0. The van der Waals surface area contributed by atoms with E-state index in [1.165, 1.54) is 30.4 Å². The van der Waals surface area contributed by atoms with Gasteiger partial charge in [-0.2, -0.15) is 0 Å². The fourth-order valence-electron chi connectivity index (χ4n) is 1.34. The molecule has 0 amide bonds. The third-order valence-electron chi connectivity index (χ3n) is 2.04. The lowest BCUT2D eigenvalue weighted by atomic mass is 10.1. The molecule has 1 heteroatoms. The summed E-state index contributed by atoms with van der Waals surface area (Å²) < 4.78 is 0. The van der Waals surface area contributed by atoms with Crippen LogP contribution in [-0.4, -0.2) is 8.07 Å². The van der Waals surface area contributed by atoms with Crippen molar-refractivity contribution in [2.24, 2.45) is 0 Å². The third kappa shape index (κ3) is 6.82. The van der Waals surface area contributed by atoms with Gasteiger partial charge in [0.1, 0.15) is 0 Å². The van der Waals surface area contributed by atoms with Crippen LogP contribution in [0.2, 0.25) is 19.6 Å². The molecule has 0 fully saturated rings. The smallest absolute Gasteiger partial charge is 0.0690 e. The fraction of sp³-hybridized carbons (Fsp3) is 0.667. The van der Waals surface area contributed by atoms with Crippen molar-refractivity contribution in [1.29, 1.82) is 0 Å². The Hall–Kier alpha value is -0.303. The van der Waals surface area contributed by atoms with Gasteiger partial charge >= 0.3 is 0 Å². The fourth-order valence-corrected chi connectivity index (χ4v) is 2.84. The molecule has 0 spiro atoms. The van der Waals surface area contributed by atoms with Gasteiger partial charge in [0.05, 0.1) is 8.07 Å². The summed E-state index contributed by atoms with van der Waals surface area (Å²) in [6.45, 7) is 15.7. The molecule has 0 aliphatic heterocycles. The lowest BCUT2D eigenvalue weighted by Crippen LogP contribution is -2.16. The predicted molar refractivity (Wildman–Crippen MR) is 65.8 cm³/mol. The summed E-state index contributed by atoms with van der Waals surface area (Å²) in [7, 11) is -1.05. The van der Waals surface area contributed by atoms with E-state index in [9.17, 15) is 0 Å². The Morgan fingerprint density at radius 1 is 1.31 bits per heavy atom. The Bertz CT molecular complexity index is 194. The molecule has 0 bridgehead atoms. The van der Waals surface area contributed by atoms with Crippen LogP contribution in [0, 0.1) is 0 Å². The molecule has 0 saturated carbocycles. The van der Waals surface area contributed by atoms with Crippen molar-refractivity contribution in [2.75, 3.05) is 0 Å². The van der Waals surface area contributed by atoms with E-state index in [0.717, 1.165) is 0 Å². The van der Waals surface area contributed by atoms with E-state index in [4.69, 9.17) is 0 Å². The number of rotatable bonds is 5. The van der Waals surface area contributed by atoms with Crippen LogP contribution in [0.3, 0.4) is 0 Å². The highest BCUT2D eigenvalue weighted by molar-refractivity contribution is 6.81. The highest BCUT2D eigenvalue weighted by atomic mass is 28.3. The molecule has 0 rings (SSSR count). The van der Waals surface area contributed by atoms with E-state index in [1.807, 2.05) is 0 Å². The van der Waals surface area contributed by atoms with Gasteiger partial charge < -0.3 is 0 Å². The largest absolute Gasteiger partial charge is 0.0956 e. The molecule has 0 nitrogen and oxygen atoms in total. The zero-order valence-corrected chi connectivity index (χ0v) is 10.9. The maximum absolute atomic E-state index is 4.13. The Balaban J connectivity index is 4.17. The first-order valence-corrected chi connectivity index (χ1v) is 8.82. The minimum absolute atomic E-state index is 1.05. The van der Waals surface area contributed by atoms with Gasteiger partial charge in [0, 0.05) is 0 Å². The second-order valence-electron chi connectivity index (χ2n) is 4.90. The molecular formula is C12H24Si. The molecule has 0 N–H and O–H groups in total. The second kappa shape index (κ2) is 5.43. The Morgan fingerprint density at radius 3 is 2.23 bits per heavy atom. The molecule has 0 aliphatic carbocycles. The van der Waals surface area contributed by atoms with Gasteiger partial charge in [-0.3, -0.25) is 0 Å². The maximum Gasteiger partial charge on any atom is 0.0690 e. The maximum atomic E-state index is 4.13. The van der Waals surface area contributed by atoms with Crippen molar-refractivity contribution in [1.82, 2.24) is 0 Å². The summed E-state index contributed by atoms with van der Waals surface area (Å²) >= 11 is 0. The number of hydrogen-bond acceptors (Lipinski definition) is 0. The molecule has 0 aromatic carbocycles. The minimum atomic E-state index is -1.05. The van der Waals surface area contributed by atoms with Gasteiger partial charge in [-0.15, -0.1) is 0 Å². The van der Waals surface area contributed by atoms with Crippen LogP contribution in [0.25, 0.3) is 0 Å². The topological polar surface area (TPSA) is 0 Å². The highest BCUT2D eigenvalue weighted by Gasteiger charge is 2.09. The van der Waals surface area contributed by atoms with Crippen molar-refractivity contribution in [3.63, 3.8) is 0 Å². The van der Waals surface area contributed by atoms with Gasteiger partial charge in [-0.1, -0.05) is 56.4 Å². The first kappa shape index (κ1) is 12.7. The summed E-state index contributed by atoms with van der Waals surface area (Å²) in [6.07, 6.45) is 3.71. The standard InChI is InChI=1S/C12H24Si/c1-7-8-9-11(2)12(3)10-13(4,5)6/h10H,2,7-9H2,1,3-6H3. The summed E-state index contributed by atoms with van der Waals surface area (Å²) in [5.41, 5.74) is 5.21. The molecule has 0 saturated heterocycles. The summed E-state index contributed by atoms with van der Waals surface area (Å²) in [5.74, 6) is 0. The molecule has 0 unspecified atom stereocenters. The Labute approximate surface area is 84.8 Å². The van der Waals surface area contributed by atoms with Crippen LogP contribution in [-0.2, 0) is 0 Å². The molecule has 76 valence electrons. The van der Waals surface area contributed by atoms with Crippen LogP contribution in [0.1, 0.15) is 33.1 Å². The zero-order valence-electron chi connectivity index (χ0n) is 9.91. The number of unbranched alkanes of at least 4 members (excludes halogenated alkanes) is 1. The van der Waals surface area contributed by atoms with E-state index in [-0.39, 0.29) is 0 Å². The van der Waals surface area contributed by atoms with Crippen LogP contribution < -0.4 is 0 Å². The second-order valence-corrected chi connectivity index (χ2v) is 9.92. The predicted octanol–water partition coefficient (Wildman–Crippen LogP) is 4.56. The molecular weight excluding hydrogens is 172 g/mol. The van der Waals surface area contributed by atoms with Crippen LogP contribution in [0.5, 0.6) is 0 Å². The van der Waals surface area contributed by atoms with Crippen molar-refractivity contribution in [3.05, 3.63) is 23.4 Å². The normalized spacial score (nSPS) is 13.2. The van der Waals surface area contributed by atoms with Crippen LogP contribution in [0.15, 0.2) is 23.4 Å². The van der Waals surface area contributed by atoms with E-state index in [0.29, 0.717) is 0 Å². The monoisotopic (exact) mass is 196 g/mol. The summed E-state index contributed by atoms with van der Waals surface area (Å²) in [5, 5.41) is 0. The Morgan fingerprint density at radius 2 is 1.85 bits per heavy atom. The minimum Gasteiger partial charge on any atom is -0.0956 e. The van der Waals surface area contributed by atoms with E-state index in [2.05, 4.69) is 45.8 Å². The SMILES string of the molecule is C=C(CCCC)C(C)=C[Si](C)(C)C. The van der Waals surface area contributed by atoms with Crippen molar-refractivity contribution in [3.8, 4) is 0 Å². The lowest BCUT2D eigenvalue weighted by Gasteiger charge is -2.13. The van der Waals surface area contributed by atoms with Gasteiger partial charge in [-0.25, -0.2) is 0 Å². The zero-order chi connectivity index (χ0) is 10.5. The molecule has 0 atom stereocenters. The average molecular weight is 196 g/mol. The average Bonchev–Trinajstić information content (AvgIpc) is 1.96. The molecule has 0 aliphatic rings. The third-order valence-corrected chi connectivity index (χ3v) is 3.34.